The summed E-state index contributed by atoms with van der Waals surface area (Å²) in [6.45, 7) is 8.90. The van der Waals surface area contributed by atoms with E-state index in [0.717, 1.165) is 18.8 Å². The highest BCUT2D eigenvalue weighted by molar-refractivity contribution is 6.33. The van der Waals surface area contributed by atoms with Gasteiger partial charge < -0.3 is 4.90 Å². The van der Waals surface area contributed by atoms with Gasteiger partial charge in [0.25, 0.3) is 0 Å². The van der Waals surface area contributed by atoms with Crippen molar-refractivity contribution in [1.29, 1.82) is 0 Å². The van der Waals surface area contributed by atoms with Gasteiger partial charge in [0.1, 0.15) is 0 Å². The standard InChI is InChI=1S/C13H16ClNO/c1-4-8-15(5-2)13-7-6-11(10(3)16)9-12(13)14/h4,6-7,9H,1,5,8H2,2-3H3. The van der Waals surface area contributed by atoms with E-state index in [2.05, 4.69) is 18.4 Å². The summed E-state index contributed by atoms with van der Waals surface area (Å²) in [5, 5.41) is 0.608. The predicted octanol–water partition coefficient (Wildman–Crippen LogP) is 3.55. The molecule has 0 N–H and O–H groups in total. The smallest absolute Gasteiger partial charge is 0.159 e. The average molecular weight is 238 g/mol. The van der Waals surface area contributed by atoms with Gasteiger partial charge in [-0.15, -0.1) is 6.58 Å². The molecule has 0 radical (unpaired) electrons. The monoisotopic (exact) mass is 237 g/mol. The minimum atomic E-state index is 0.0280. The van der Waals surface area contributed by atoms with Crippen molar-refractivity contribution in [1.82, 2.24) is 0 Å². The molecule has 0 unspecified atom stereocenters. The first-order valence-corrected chi connectivity index (χ1v) is 5.64. The molecule has 1 aromatic carbocycles. The van der Waals surface area contributed by atoms with Gasteiger partial charge in [0, 0.05) is 18.7 Å². The van der Waals surface area contributed by atoms with Crippen LogP contribution in [0.5, 0.6) is 0 Å². The summed E-state index contributed by atoms with van der Waals surface area (Å²) in [5.74, 6) is 0.0280. The summed E-state index contributed by atoms with van der Waals surface area (Å²) >= 11 is 6.15. The third-order valence-corrected chi connectivity index (χ3v) is 2.73. The summed E-state index contributed by atoms with van der Waals surface area (Å²) in [5.41, 5.74) is 1.58. The second-order valence-corrected chi connectivity index (χ2v) is 3.96. The van der Waals surface area contributed by atoms with E-state index in [1.54, 1.807) is 12.1 Å². The third kappa shape index (κ3) is 2.86. The second kappa shape index (κ2) is 5.71. The summed E-state index contributed by atoms with van der Waals surface area (Å²) in [6.07, 6.45) is 1.83. The van der Waals surface area contributed by atoms with Crippen molar-refractivity contribution in [2.45, 2.75) is 13.8 Å². The number of nitrogens with zero attached hydrogens (tertiary/aromatic N) is 1. The fourth-order valence-electron chi connectivity index (χ4n) is 1.54. The molecule has 0 aliphatic carbocycles. The summed E-state index contributed by atoms with van der Waals surface area (Å²) < 4.78 is 0. The number of benzene rings is 1. The number of ketones is 1. The number of rotatable bonds is 5. The van der Waals surface area contributed by atoms with Crippen LogP contribution in [0.2, 0.25) is 5.02 Å². The number of carbonyl (C=O) groups excluding carboxylic acids is 1. The van der Waals surface area contributed by atoms with Gasteiger partial charge in [-0.05, 0) is 32.0 Å². The number of halogens is 1. The van der Waals surface area contributed by atoms with Gasteiger partial charge in [-0.3, -0.25) is 4.79 Å². The topological polar surface area (TPSA) is 20.3 Å². The van der Waals surface area contributed by atoms with Gasteiger partial charge >= 0.3 is 0 Å². The first kappa shape index (κ1) is 12.8. The lowest BCUT2D eigenvalue weighted by molar-refractivity contribution is 0.101. The number of carbonyl (C=O) groups is 1. The zero-order valence-corrected chi connectivity index (χ0v) is 10.4. The van der Waals surface area contributed by atoms with Crippen molar-refractivity contribution in [2.24, 2.45) is 0 Å². The lowest BCUT2D eigenvalue weighted by atomic mass is 10.1. The molecule has 2 nitrogen and oxygen atoms in total. The number of hydrogen-bond acceptors (Lipinski definition) is 2. The molecular weight excluding hydrogens is 222 g/mol. The van der Waals surface area contributed by atoms with Crippen molar-refractivity contribution in [3.8, 4) is 0 Å². The first-order valence-electron chi connectivity index (χ1n) is 5.26. The minimum absolute atomic E-state index is 0.0280. The van der Waals surface area contributed by atoms with Crippen LogP contribution in [0.25, 0.3) is 0 Å². The van der Waals surface area contributed by atoms with Gasteiger partial charge in [-0.25, -0.2) is 0 Å². The molecule has 86 valence electrons. The maximum absolute atomic E-state index is 11.2. The van der Waals surface area contributed by atoms with Gasteiger partial charge in [0.05, 0.1) is 10.7 Å². The van der Waals surface area contributed by atoms with Crippen molar-refractivity contribution in [3.63, 3.8) is 0 Å². The van der Waals surface area contributed by atoms with E-state index >= 15 is 0 Å². The summed E-state index contributed by atoms with van der Waals surface area (Å²) in [7, 11) is 0. The Hall–Kier alpha value is -1.28. The van der Waals surface area contributed by atoms with E-state index in [0.29, 0.717) is 10.6 Å². The van der Waals surface area contributed by atoms with E-state index in [9.17, 15) is 4.79 Å². The number of likely N-dealkylation sites (N-methyl/N-ethyl adjacent to an activating group) is 1. The Bertz CT molecular complexity index is 401. The molecule has 3 heteroatoms. The van der Waals surface area contributed by atoms with E-state index in [1.165, 1.54) is 6.92 Å². The molecule has 16 heavy (non-hydrogen) atoms. The van der Waals surface area contributed by atoms with Crippen LogP contribution < -0.4 is 4.90 Å². The first-order chi connectivity index (χ1) is 7.60. The number of Topliss-reactive ketones (excluding diaryl/α,β-unsaturated/α-hetero) is 1. The van der Waals surface area contributed by atoms with Gasteiger partial charge in [0.15, 0.2) is 5.78 Å². The molecule has 0 aliphatic rings. The Kier molecular flexibility index (Phi) is 4.56. The second-order valence-electron chi connectivity index (χ2n) is 3.55. The highest BCUT2D eigenvalue weighted by atomic mass is 35.5. The summed E-state index contributed by atoms with van der Waals surface area (Å²) in [6, 6.07) is 5.40. The molecule has 0 heterocycles. The zero-order chi connectivity index (χ0) is 12.1. The highest BCUT2D eigenvalue weighted by Crippen LogP contribution is 2.26. The molecule has 0 bridgehead atoms. The van der Waals surface area contributed by atoms with Crippen molar-refractivity contribution < 1.29 is 4.79 Å². The molecule has 1 rings (SSSR count). The maximum Gasteiger partial charge on any atom is 0.159 e. The molecule has 0 spiro atoms. The minimum Gasteiger partial charge on any atom is -0.367 e. The predicted molar refractivity (Wildman–Crippen MR) is 69.5 cm³/mol. The normalized spacial score (nSPS) is 9.94. The molecule has 0 saturated heterocycles. The van der Waals surface area contributed by atoms with Crippen LogP contribution in [0, 0.1) is 0 Å². The molecule has 0 saturated carbocycles. The Labute approximate surface area is 102 Å². The van der Waals surface area contributed by atoms with Crippen LogP contribution in [-0.2, 0) is 0 Å². The zero-order valence-electron chi connectivity index (χ0n) is 9.66. The van der Waals surface area contributed by atoms with E-state index in [-0.39, 0.29) is 5.78 Å². The molecule has 0 aromatic heterocycles. The van der Waals surface area contributed by atoms with Crippen LogP contribution in [-0.4, -0.2) is 18.9 Å². The van der Waals surface area contributed by atoms with Gasteiger partial charge in [0.2, 0.25) is 0 Å². The van der Waals surface area contributed by atoms with Crippen LogP contribution in [0.15, 0.2) is 30.9 Å². The lowest BCUT2D eigenvalue weighted by Gasteiger charge is -2.22. The Morgan fingerprint density at radius 2 is 2.25 bits per heavy atom. The molecule has 1 aromatic rings. The van der Waals surface area contributed by atoms with E-state index in [1.807, 2.05) is 12.1 Å². The molecule has 0 amide bonds. The molecular formula is C13H16ClNO. The highest BCUT2D eigenvalue weighted by Gasteiger charge is 2.09. The third-order valence-electron chi connectivity index (χ3n) is 2.43. The number of anilines is 1. The maximum atomic E-state index is 11.2. The average Bonchev–Trinajstić information content (AvgIpc) is 2.26. The molecule has 0 aliphatic heterocycles. The SMILES string of the molecule is C=CCN(CC)c1ccc(C(C)=O)cc1Cl. The fourth-order valence-corrected chi connectivity index (χ4v) is 1.84. The van der Waals surface area contributed by atoms with Crippen molar-refractivity contribution in [3.05, 3.63) is 41.4 Å². The lowest BCUT2D eigenvalue weighted by Crippen LogP contribution is -2.22. The molecule has 0 atom stereocenters. The number of hydrogen-bond donors (Lipinski definition) is 0. The fraction of sp³-hybridized carbons (Fsp3) is 0.308. The Morgan fingerprint density at radius 1 is 1.56 bits per heavy atom. The van der Waals surface area contributed by atoms with Crippen LogP contribution >= 0.6 is 11.6 Å². The van der Waals surface area contributed by atoms with Crippen LogP contribution in [0.1, 0.15) is 24.2 Å². The van der Waals surface area contributed by atoms with Crippen LogP contribution in [0.3, 0.4) is 0 Å². The Morgan fingerprint density at radius 3 is 2.69 bits per heavy atom. The summed E-state index contributed by atoms with van der Waals surface area (Å²) in [4.78, 5) is 13.3. The largest absolute Gasteiger partial charge is 0.367 e. The van der Waals surface area contributed by atoms with E-state index < -0.39 is 0 Å². The van der Waals surface area contributed by atoms with Gasteiger partial charge in [-0.1, -0.05) is 17.7 Å². The van der Waals surface area contributed by atoms with Crippen molar-refractivity contribution in [2.75, 3.05) is 18.0 Å². The van der Waals surface area contributed by atoms with E-state index in [4.69, 9.17) is 11.6 Å². The van der Waals surface area contributed by atoms with Crippen molar-refractivity contribution >= 4 is 23.1 Å². The van der Waals surface area contributed by atoms with Crippen LogP contribution in [0.4, 0.5) is 5.69 Å². The molecule has 0 fully saturated rings. The Balaban J connectivity index is 3.05. The quantitative estimate of drug-likeness (QED) is 0.577. The van der Waals surface area contributed by atoms with Gasteiger partial charge in [-0.2, -0.15) is 0 Å².